The van der Waals surface area contributed by atoms with Gasteiger partial charge >= 0.3 is 6.18 Å². The fourth-order valence-corrected chi connectivity index (χ4v) is 3.80. The highest BCUT2D eigenvalue weighted by atomic mass is 35.5. The van der Waals surface area contributed by atoms with Gasteiger partial charge in [0, 0.05) is 10.7 Å². The molecule has 0 saturated carbocycles. The number of carbonyl (C=O) groups is 1. The Bertz CT molecular complexity index is 980. The van der Waals surface area contributed by atoms with Crippen LogP contribution in [0.3, 0.4) is 0 Å². The quantitative estimate of drug-likeness (QED) is 0.716. The number of hydrogen-bond donors (Lipinski definition) is 3. The Hall–Kier alpha value is -2.30. The van der Waals surface area contributed by atoms with E-state index >= 15 is 0 Å². The number of hydrogen-bond acceptors (Lipinski definition) is 4. The topological polar surface area (TPSA) is 87.3 Å². The van der Waals surface area contributed by atoms with E-state index in [-0.39, 0.29) is 10.6 Å². The average Bonchev–Trinajstić information content (AvgIpc) is 2.52. The van der Waals surface area contributed by atoms with Gasteiger partial charge in [0.15, 0.2) is 6.17 Å². The lowest BCUT2D eigenvalue weighted by Gasteiger charge is -2.27. The molecule has 0 unspecified atom stereocenters. The number of anilines is 2. The monoisotopic (exact) mass is 405 g/mol. The van der Waals surface area contributed by atoms with E-state index < -0.39 is 33.8 Å². The van der Waals surface area contributed by atoms with Gasteiger partial charge < -0.3 is 10.6 Å². The van der Waals surface area contributed by atoms with Crippen molar-refractivity contribution in [2.24, 2.45) is 0 Å². The van der Waals surface area contributed by atoms with Gasteiger partial charge in [-0.15, -0.1) is 0 Å². The average molecular weight is 406 g/mol. The van der Waals surface area contributed by atoms with E-state index in [0.29, 0.717) is 22.8 Å². The molecule has 2 aromatic carbocycles. The highest BCUT2D eigenvalue weighted by Crippen LogP contribution is 2.35. The Morgan fingerprint density at radius 1 is 1.15 bits per heavy atom. The molecule has 11 heteroatoms. The highest BCUT2D eigenvalue weighted by molar-refractivity contribution is 7.89. The van der Waals surface area contributed by atoms with Crippen LogP contribution in [-0.2, 0) is 21.0 Å². The third-order valence-corrected chi connectivity index (χ3v) is 5.24. The van der Waals surface area contributed by atoms with Crippen LogP contribution in [0.25, 0.3) is 0 Å². The third-order valence-electron chi connectivity index (χ3n) is 3.52. The zero-order valence-electron chi connectivity index (χ0n) is 12.8. The van der Waals surface area contributed by atoms with E-state index in [1.54, 1.807) is 12.1 Å². The van der Waals surface area contributed by atoms with Crippen molar-refractivity contribution in [1.29, 1.82) is 0 Å². The number of rotatable bonds is 2. The summed E-state index contributed by atoms with van der Waals surface area (Å²) in [6, 6.07) is 8.25. The van der Waals surface area contributed by atoms with Gasteiger partial charge in [0.2, 0.25) is 10.0 Å². The normalized spacial score (nSPS) is 18.5. The molecule has 0 spiro atoms. The van der Waals surface area contributed by atoms with E-state index in [1.807, 2.05) is 0 Å². The van der Waals surface area contributed by atoms with E-state index in [4.69, 9.17) is 11.6 Å². The van der Waals surface area contributed by atoms with Gasteiger partial charge in [-0.05, 0) is 36.4 Å². The molecule has 0 aromatic heterocycles. The van der Waals surface area contributed by atoms with Crippen molar-refractivity contribution in [3.8, 4) is 0 Å². The zero-order chi connectivity index (χ0) is 19.1. The minimum absolute atomic E-state index is 0.304. The highest BCUT2D eigenvalue weighted by Gasteiger charge is 2.37. The summed E-state index contributed by atoms with van der Waals surface area (Å²) in [5, 5.41) is 5.24. The smallest absolute Gasteiger partial charge is 0.360 e. The van der Waals surface area contributed by atoms with Crippen LogP contribution in [0.2, 0.25) is 5.02 Å². The number of carbonyl (C=O) groups excluding carboxylic acids is 1. The number of alkyl halides is 3. The molecule has 26 heavy (non-hydrogen) atoms. The fourth-order valence-electron chi connectivity index (χ4n) is 2.36. The number of halogens is 4. The zero-order valence-corrected chi connectivity index (χ0v) is 14.3. The van der Waals surface area contributed by atoms with Crippen LogP contribution in [-0.4, -0.2) is 20.5 Å². The largest absolute Gasteiger partial charge is 0.416 e. The molecule has 1 atom stereocenters. The van der Waals surface area contributed by atoms with Crippen LogP contribution in [0.15, 0.2) is 47.4 Å². The maximum absolute atomic E-state index is 12.8. The summed E-state index contributed by atoms with van der Waals surface area (Å²) in [6.45, 7) is 0. The van der Waals surface area contributed by atoms with Gasteiger partial charge in [-0.25, -0.2) is 8.42 Å². The van der Waals surface area contributed by atoms with Crippen molar-refractivity contribution >= 4 is 38.9 Å². The molecule has 0 radical (unpaired) electrons. The van der Waals surface area contributed by atoms with Gasteiger partial charge in [-0.1, -0.05) is 17.7 Å². The van der Waals surface area contributed by atoms with Crippen LogP contribution in [0.4, 0.5) is 24.5 Å². The lowest BCUT2D eigenvalue weighted by Crippen LogP contribution is -2.51. The van der Waals surface area contributed by atoms with E-state index in [2.05, 4.69) is 15.4 Å². The molecule has 0 fully saturated rings. The summed E-state index contributed by atoms with van der Waals surface area (Å²) >= 11 is 5.80. The van der Waals surface area contributed by atoms with E-state index in [1.165, 1.54) is 12.1 Å². The van der Waals surface area contributed by atoms with Gasteiger partial charge in [0.1, 0.15) is 4.90 Å². The maximum atomic E-state index is 12.8. The van der Waals surface area contributed by atoms with Gasteiger partial charge in [-0.3, -0.25) is 4.79 Å². The molecular formula is C15H11ClF3N3O3S. The molecule has 1 amide bonds. The van der Waals surface area contributed by atoms with Crippen molar-refractivity contribution in [2.45, 2.75) is 17.2 Å². The molecule has 0 saturated heterocycles. The second-order valence-electron chi connectivity index (χ2n) is 5.41. The van der Waals surface area contributed by atoms with Gasteiger partial charge in [-0.2, -0.15) is 17.9 Å². The Labute approximate surface area is 151 Å². The lowest BCUT2D eigenvalue weighted by atomic mass is 10.2. The second-order valence-corrected chi connectivity index (χ2v) is 7.53. The van der Waals surface area contributed by atoms with Crippen LogP contribution in [0.5, 0.6) is 0 Å². The predicted octanol–water partition coefficient (Wildman–Crippen LogP) is 3.03. The molecule has 3 N–H and O–H groups in total. The standard InChI is InChI=1S/C15H11ClF3N3O3S/c16-9-2-1-3-10(7-9)20-14(23)13-21-11-6-8(15(17,18)19)4-5-12(11)26(24,25)22-13/h1-7,13,21-22H,(H,20,23)/t13-/m0/s1. The predicted molar refractivity (Wildman–Crippen MR) is 89.3 cm³/mol. The summed E-state index contributed by atoms with van der Waals surface area (Å²) in [5.74, 6) is -0.807. The molecule has 1 aliphatic rings. The minimum atomic E-state index is -4.65. The van der Waals surface area contributed by atoms with Crippen molar-refractivity contribution in [3.63, 3.8) is 0 Å². The van der Waals surface area contributed by atoms with E-state index in [0.717, 1.165) is 6.07 Å². The molecule has 138 valence electrons. The Morgan fingerprint density at radius 3 is 2.54 bits per heavy atom. The first-order valence-corrected chi connectivity index (χ1v) is 8.99. The van der Waals surface area contributed by atoms with Crippen LogP contribution >= 0.6 is 11.6 Å². The number of amides is 1. The maximum Gasteiger partial charge on any atom is 0.416 e. The second kappa shape index (κ2) is 6.45. The molecule has 3 rings (SSSR count). The van der Waals surface area contributed by atoms with E-state index in [9.17, 15) is 26.4 Å². The number of benzene rings is 2. The van der Waals surface area contributed by atoms with Crippen molar-refractivity contribution in [2.75, 3.05) is 10.6 Å². The summed E-state index contributed by atoms with van der Waals surface area (Å²) in [4.78, 5) is 11.9. The Kier molecular flexibility index (Phi) is 4.59. The first-order valence-electron chi connectivity index (χ1n) is 7.13. The summed E-state index contributed by atoms with van der Waals surface area (Å²) < 4.78 is 65.1. The lowest BCUT2D eigenvalue weighted by molar-refractivity contribution is -0.137. The molecule has 1 aliphatic heterocycles. The molecular weight excluding hydrogens is 395 g/mol. The molecule has 0 aliphatic carbocycles. The SMILES string of the molecule is O=C(Nc1cccc(Cl)c1)[C@H]1Nc2cc(C(F)(F)F)ccc2S(=O)(=O)N1. The van der Waals surface area contributed by atoms with Crippen molar-refractivity contribution in [1.82, 2.24) is 4.72 Å². The molecule has 0 bridgehead atoms. The summed E-state index contributed by atoms with van der Waals surface area (Å²) in [5.41, 5.74) is -1.04. The molecule has 6 nitrogen and oxygen atoms in total. The Balaban J connectivity index is 1.90. The first kappa shape index (κ1) is 18.5. The molecule has 2 aromatic rings. The van der Waals surface area contributed by atoms with Crippen molar-refractivity contribution < 1.29 is 26.4 Å². The fraction of sp³-hybridized carbons (Fsp3) is 0.133. The minimum Gasteiger partial charge on any atom is -0.360 e. The van der Waals surface area contributed by atoms with Crippen LogP contribution in [0.1, 0.15) is 5.56 Å². The van der Waals surface area contributed by atoms with Crippen molar-refractivity contribution in [3.05, 3.63) is 53.1 Å². The first-order chi connectivity index (χ1) is 12.1. The van der Waals surface area contributed by atoms with Gasteiger partial charge in [0.25, 0.3) is 5.91 Å². The number of fused-ring (bicyclic) bond motifs is 1. The number of sulfonamides is 1. The molecule has 1 heterocycles. The third kappa shape index (κ3) is 3.76. The number of nitrogens with one attached hydrogen (secondary N) is 3. The summed E-state index contributed by atoms with van der Waals surface area (Å²) in [6.07, 6.45) is -6.14. The van der Waals surface area contributed by atoms with Gasteiger partial charge in [0.05, 0.1) is 11.3 Å². The Morgan fingerprint density at radius 2 is 1.88 bits per heavy atom. The summed E-state index contributed by atoms with van der Waals surface area (Å²) in [7, 11) is -4.17. The van der Waals surface area contributed by atoms with Crippen LogP contribution < -0.4 is 15.4 Å². The van der Waals surface area contributed by atoms with Crippen LogP contribution in [0, 0.1) is 0 Å².